The van der Waals surface area contributed by atoms with Gasteiger partial charge < -0.3 is 10.6 Å². The second-order valence-electron chi connectivity index (χ2n) is 5.35. The quantitative estimate of drug-likeness (QED) is 0.697. The van der Waals surface area contributed by atoms with Crippen molar-refractivity contribution in [2.24, 2.45) is 5.73 Å². The number of hydrogen-bond acceptors (Lipinski definition) is 2. The van der Waals surface area contributed by atoms with E-state index in [9.17, 15) is 0 Å². The second-order valence-corrected chi connectivity index (χ2v) is 5.35. The minimum Gasteiger partial charge on any atom is -0.330 e. The highest BCUT2D eigenvalue weighted by molar-refractivity contribution is 5.20. The molecule has 0 radical (unpaired) electrons. The van der Waals surface area contributed by atoms with E-state index >= 15 is 0 Å². The molecule has 2 heteroatoms. The summed E-state index contributed by atoms with van der Waals surface area (Å²) in [4.78, 5) is 2.59. The van der Waals surface area contributed by atoms with Crippen LogP contribution in [-0.4, -0.2) is 31.1 Å². The van der Waals surface area contributed by atoms with Crippen molar-refractivity contribution in [2.75, 3.05) is 26.2 Å². The van der Waals surface area contributed by atoms with Gasteiger partial charge in [0.05, 0.1) is 0 Å². The van der Waals surface area contributed by atoms with Gasteiger partial charge in [-0.1, -0.05) is 57.0 Å². The van der Waals surface area contributed by atoms with E-state index in [1.54, 1.807) is 0 Å². The second kappa shape index (κ2) is 9.99. The van der Waals surface area contributed by atoms with E-state index in [2.05, 4.69) is 49.1 Å². The smallest absolute Gasteiger partial charge is 0.00888 e. The summed E-state index contributed by atoms with van der Waals surface area (Å²) < 4.78 is 0. The van der Waals surface area contributed by atoms with E-state index in [0.717, 1.165) is 13.1 Å². The molecule has 0 aromatic heterocycles. The van der Waals surface area contributed by atoms with Gasteiger partial charge in [-0.25, -0.2) is 0 Å². The molecule has 0 heterocycles. The Morgan fingerprint density at radius 3 is 2.05 bits per heavy atom. The Morgan fingerprint density at radius 2 is 1.58 bits per heavy atom. The SMILES string of the molecule is CCCCN(CCCC)CC(CN)c1ccccc1. The van der Waals surface area contributed by atoms with Gasteiger partial charge >= 0.3 is 0 Å². The first-order valence-electron chi connectivity index (χ1n) is 7.79. The molecule has 0 saturated carbocycles. The van der Waals surface area contributed by atoms with E-state index < -0.39 is 0 Å². The maximum absolute atomic E-state index is 5.98. The summed E-state index contributed by atoms with van der Waals surface area (Å²) in [5.41, 5.74) is 7.36. The summed E-state index contributed by atoms with van der Waals surface area (Å²) >= 11 is 0. The predicted octanol–water partition coefficient (Wildman–Crippen LogP) is 3.63. The molecule has 2 nitrogen and oxygen atoms in total. The Bertz CT molecular complexity index is 302. The third-order valence-corrected chi connectivity index (χ3v) is 3.69. The zero-order chi connectivity index (χ0) is 13.9. The van der Waals surface area contributed by atoms with Crippen molar-refractivity contribution >= 4 is 0 Å². The maximum atomic E-state index is 5.98. The molecule has 0 aliphatic heterocycles. The first-order valence-corrected chi connectivity index (χ1v) is 7.79. The molecule has 0 aliphatic carbocycles. The molecule has 0 amide bonds. The predicted molar refractivity (Wildman–Crippen MR) is 84.5 cm³/mol. The fourth-order valence-corrected chi connectivity index (χ4v) is 2.41. The topological polar surface area (TPSA) is 29.3 Å². The van der Waals surface area contributed by atoms with Crippen LogP contribution >= 0.6 is 0 Å². The fraction of sp³-hybridized carbons (Fsp3) is 0.647. The Kier molecular flexibility index (Phi) is 8.52. The van der Waals surface area contributed by atoms with Gasteiger partial charge in [0.2, 0.25) is 0 Å². The highest BCUT2D eigenvalue weighted by atomic mass is 15.1. The minimum absolute atomic E-state index is 0.468. The van der Waals surface area contributed by atoms with E-state index in [0.29, 0.717) is 5.92 Å². The summed E-state index contributed by atoms with van der Waals surface area (Å²) in [6.45, 7) is 8.77. The lowest BCUT2D eigenvalue weighted by Gasteiger charge is -2.27. The largest absolute Gasteiger partial charge is 0.330 e. The number of hydrogen-bond donors (Lipinski definition) is 1. The van der Waals surface area contributed by atoms with Crippen LogP contribution in [0.15, 0.2) is 30.3 Å². The van der Waals surface area contributed by atoms with Crippen LogP contribution in [0.2, 0.25) is 0 Å². The van der Waals surface area contributed by atoms with E-state index in [-0.39, 0.29) is 0 Å². The zero-order valence-electron chi connectivity index (χ0n) is 12.6. The molecule has 1 aromatic rings. The van der Waals surface area contributed by atoms with Crippen molar-refractivity contribution in [3.63, 3.8) is 0 Å². The lowest BCUT2D eigenvalue weighted by molar-refractivity contribution is 0.250. The van der Waals surface area contributed by atoms with Crippen LogP contribution in [0.25, 0.3) is 0 Å². The molecule has 0 bridgehead atoms. The van der Waals surface area contributed by atoms with Gasteiger partial charge in [-0.3, -0.25) is 0 Å². The highest BCUT2D eigenvalue weighted by Crippen LogP contribution is 2.16. The molecular weight excluding hydrogens is 232 g/mol. The van der Waals surface area contributed by atoms with E-state index in [1.165, 1.54) is 44.3 Å². The average molecular weight is 262 g/mol. The highest BCUT2D eigenvalue weighted by Gasteiger charge is 2.14. The molecule has 0 fully saturated rings. The third kappa shape index (κ3) is 6.22. The van der Waals surface area contributed by atoms with Crippen LogP contribution in [0.3, 0.4) is 0 Å². The van der Waals surface area contributed by atoms with Gasteiger partial charge in [0, 0.05) is 19.0 Å². The van der Waals surface area contributed by atoms with Gasteiger partial charge in [-0.15, -0.1) is 0 Å². The Labute approximate surface area is 119 Å². The first-order chi connectivity index (χ1) is 9.31. The number of nitrogens with zero attached hydrogens (tertiary/aromatic N) is 1. The van der Waals surface area contributed by atoms with Crippen molar-refractivity contribution in [2.45, 2.75) is 45.4 Å². The van der Waals surface area contributed by atoms with Crippen LogP contribution in [0.1, 0.15) is 51.0 Å². The number of rotatable bonds is 10. The Balaban J connectivity index is 2.58. The number of nitrogens with two attached hydrogens (primary N) is 1. The molecule has 108 valence electrons. The first kappa shape index (κ1) is 16.2. The Morgan fingerprint density at radius 1 is 1.00 bits per heavy atom. The summed E-state index contributed by atoms with van der Waals surface area (Å²) in [6, 6.07) is 10.7. The van der Waals surface area contributed by atoms with Crippen molar-refractivity contribution in [3.8, 4) is 0 Å². The maximum Gasteiger partial charge on any atom is 0.00888 e. The van der Waals surface area contributed by atoms with Crippen molar-refractivity contribution < 1.29 is 0 Å². The molecular formula is C17H30N2. The van der Waals surface area contributed by atoms with E-state index in [4.69, 9.17) is 5.73 Å². The molecule has 1 unspecified atom stereocenters. The number of unbranched alkanes of at least 4 members (excludes halogenated alkanes) is 2. The van der Waals surface area contributed by atoms with Gasteiger partial charge in [0.15, 0.2) is 0 Å². The van der Waals surface area contributed by atoms with E-state index in [1.807, 2.05) is 0 Å². The summed E-state index contributed by atoms with van der Waals surface area (Å²) in [7, 11) is 0. The lowest BCUT2D eigenvalue weighted by atomic mass is 9.98. The standard InChI is InChI=1S/C17H30N2/c1-3-5-12-19(13-6-4-2)15-17(14-18)16-10-8-7-9-11-16/h7-11,17H,3-6,12-15,18H2,1-2H3. The van der Waals surface area contributed by atoms with Gasteiger partial charge in [-0.05, 0) is 31.5 Å². The molecule has 0 spiro atoms. The summed E-state index contributed by atoms with van der Waals surface area (Å²) in [5.74, 6) is 0.468. The molecule has 1 atom stereocenters. The monoisotopic (exact) mass is 262 g/mol. The molecule has 0 saturated heterocycles. The summed E-state index contributed by atoms with van der Waals surface area (Å²) in [6.07, 6.45) is 5.11. The Hall–Kier alpha value is -0.860. The van der Waals surface area contributed by atoms with Gasteiger partial charge in [0.25, 0.3) is 0 Å². The lowest BCUT2D eigenvalue weighted by Crippen LogP contribution is -2.33. The normalized spacial score (nSPS) is 12.8. The van der Waals surface area contributed by atoms with Gasteiger partial charge in [0.1, 0.15) is 0 Å². The van der Waals surface area contributed by atoms with Crippen molar-refractivity contribution in [1.82, 2.24) is 4.90 Å². The molecule has 19 heavy (non-hydrogen) atoms. The molecule has 2 N–H and O–H groups in total. The van der Waals surface area contributed by atoms with Crippen LogP contribution in [0.5, 0.6) is 0 Å². The molecule has 1 rings (SSSR count). The van der Waals surface area contributed by atoms with Gasteiger partial charge in [-0.2, -0.15) is 0 Å². The molecule has 0 aliphatic rings. The van der Waals surface area contributed by atoms with Crippen LogP contribution in [0.4, 0.5) is 0 Å². The van der Waals surface area contributed by atoms with Crippen molar-refractivity contribution in [1.29, 1.82) is 0 Å². The minimum atomic E-state index is 0.468. The fourth-order valence-electron chi connectivity index (χ4n) is 2.41. The van der Waals surface area contributed by atoms with Crippen LogP contribution in [-0.2, 0) is 0 Å². The third-order valence-electron chi connectivity index (χ3n) is 3.69. The van der Waals surface area contributed by atoms with Crippen LogP contribution < -0.4 is 5.73 Å². The van der Waals surface area contributed by atoms with Crippen molar-refractivity contribution in [3.05, 3.63) is 35.9 Å². The number of benzene rings is 1. The zero-order valence-corrected chi connectivity index (χ0v) is 12.6. The average Bonchev–Trinajstić information content (AvgIpc) is 2.47. The molecule has 1 aromatic carbocycles. The summed E-state index contributed by atoms with van der Waals surface area (Å²) in [5, 5.41) is 0. The van der Waals surface area contributed by atoms with Crippen LogP contribution in [0, 0.1) is 0 Å².